The van der Waals surface area contributed by atoms with Gasteiger partial charge in [-0.1, -0.05) is 30.3 Å². The van der Waals surface area contributed by atoms with Gasteiger partial charge in [-0.2, -0.15) is 0 Å². The normalized spacial score (nSPS) is 23.3. The topological polar surface area (TPSA) is 108 Å². The minimum atomic E-state index is -1.21. The smallest absolute Gasteiger partial charge is 0.252 e. The van der Waals surface area contributed by atoms with Crippen LogP contribution in [0.5, 0.6) is 5.75 Å². The molecule has 2 aliphatic rings. The molecular formula is C27H30FIN2O6. The molecule has 0 radical (unpaired) electrons. The summed E-state index contributed by atoms with van der Waals surface area (Å²) in [5.74, 6) is -0.751. The van der Waals surface area contributed by atoms with Gasteiger partial charge in [-0.25, -0.2) is 4.39 Å². The van der Waals surface area contributed by atoms with Crippen LogP contribution in [0.3, 0.4) is 0 Å². The molecule has 8 nitrogen and oxygen atoms in total. The van der Waals surface area contributed by atoms with Crippen molar-refractivity contribution < 1.29 is 33.7 Å². The number of halogens is 2. The Hall–Kier alpha value is -2.54. The Balaban J connectivity index is 1.70. The van der Waals surface area contributed by atoms with E-state index in [2.05, 4.69) is 27.9 Å². The molecule has 0 aromatic heterocycles. The van der Waals surface area contributed by atoms with E-state index in [1.807, 2.05) is 12.1 Å². The standard InChI is InChI=1S/C27H30FIN2O6/c28-19-7-2-1-6-17(19)16-31(27(35)23-10-5-13-36-23)21-14-18(26(34)30-11-12-32)15-24(25(21)33)37-22-9-4-3-8-20(22)29/h1-4,6-9,15,21,23-25,32-33H,5,10-14,16H2,(H,30,34)/t21-,23?,24+,25+/m1/s1. The molecule has 4 rings (SSSR count). The van der Waals surface area contributed by atoms with Gasteiger partial charge in [0.05, 0.1) is 16.2 Å². The minimum Gasteiger partial charge on any atom is -0.482 e. The first-order chi connectivity index (χ1) is 17.9. The van der Waals surface area contributed by atoms with E-state index in [1.54, 1.807) is 36.4 Å². The maximum atomic E-state index is 14.7. The van der Waals surface area contributed by atoms with Crippen LogP contribution in [0.15, 0.2) is 60.2 Å². The van der Waals surface area contributed by atoms with Crippen molar-refractivity contribution in [1.29, 1.82) is 0 Å². The minimum absolute atomic E-state index is 0.0249. The lowest BCUT2D eigenvalue weighted by atomic mass is 9.87. The van der Waals surface area contributed by atoms with Crippen molar-refractivity contribution in [1.82, 2.24) is 10.2 Å². The average molecular weight is 624 g/mol. The molecule has 2 aromatic carbocycles. The quantitative estimate of drug-likeness (QED) is 0.371. The predicted molar refractivity (Wildman–Crippen MR) is 142 cm³/mol. The van der Waals surface area contributed by atoms with Crippen LogP contribution < -0.4 is 10.1 Å². The van der Waals surface area contributed by atoms with Gasteiger partial charge < -0.3 is 29.9 Å². The van der Waals surface area contributed by atoms with E-state index < -0.39 is 36.1 Å². The zero-order valence-corrected chi connectivity index (χ0v) is 22.3. The molecule has 0 bridgehead atoms. The molecular weight excluding hydrogens is 594 g/mol. The molecule has 1 fully saturated rings. The summed E-state index contributed by atoms with van der Waals surface area (Å²) in [4.78, 5) is 28.0. The number of rotatable bonds is 9. The second-order valence-electron chi connectivity index (χ2n) is 9.01. The number of hydrogen-bond acceptors (Lipinski definition) is 6. The summed E-state index contributed by atoms with van der Waals surface area (Å²) in [5.41, 5.74) is 0.593. The van der Waals surface area contributed by atoms with Crippen LogP contribution in [-0.4, -0.2) is 71.0 Å². The highest BCUT2D eigenvalue weighted by Gasteiger charge is 2.42. The van der Waals surface area contributed by atoms with E-state index >= 15 is 0 Å². The van der Waals surface area contributed by atoms with Crippen molar-refractivity contribution in [2.24, 2.45) is 0 Å². The Morgan fingerprint density at radius 1 is 1.19 bits per heavy atom. The van der Waals surface area contributed by atoms with Crippen molar-refractivity contribution in [2.45, 2.75) is 50.2 Å². The Bertz CT molecular complexity index is 1140. The number of nitrogens with one attached hydrogen (secondary N) is 1. The zero-order chi connectivity index (χ0) is 26.4. The first-order valence-electron chi connectivity index (χ1n) is 12.2. The third-order valence-electron chi connectivity index (χ3n) is 6.50. The van der Waals surface area contributed by atoms with E-state index in [0.29, 0.717) is 24.4 Å². The van der Waals surface area contributed by atoms with Crippen LogP contribution in [0.1, 0.15) is 24.8 Å². The molecule has 1 unspecified atom stereocenters. The molecule has 2 amide bonds. The molecule has 1 heterocycles. The third kappa shape index (κ3) is 6.67. The second-order valence-corrected chi connectivity index (χ2v) is 10.2. The Labute approximate surface area is 228 Å². The van der Waals surface area contributed by atoms with E-state index in [1.165, 1.54) is 11.0 Å². The highest BCUT2D eigenvalue weighted by Crippen LogP contribution is 2.31. The fourth-order valence-corrected chi connectivity index (χ4v) is 5.11. The number of ether oxygens (including phenoxy) is 2. The number of amides is 2. The number of aliphatic hydroxyl groups excluding tert-OH is 2. The maximum Gasteiger partial charge on any atom is 0.252 e. The van der Waals surface area contributed by atoms with Crippen LogP contribution in [0, 0.1) is 9.39 Å². The summed E-state index contributed by atoms with van der Waals surface area (Å²) in [6.07, 6.45) is -0.0360. The fraction of sp³-hybridized carbons (Fsp3) is 0.407. The predicted octanol–water partition coefficient (Wildman–Crippen LogP) is 2.55. The van der Waals surface area contributed by atoms with Crippen LogP contribution in [-0.2, 0) is 20.9 Å². The molecule has 10 heteroatoms. The molecule has 198 valence electrons. The summed E-state index contributed by atoms with van der Waals surface area (Å²) in [6.45, 7) is 0.168. The lowest BCUT2D eigenvalue weighted by Crippen LogP contribution is -2.56. The van der Waals surface area contributed by atoms with Gasteiger partial charge in [0.25, 0.3) is 5.91 Å². The molecule has 0 saturated carbocycles. The first kappa shape index (κ1) is 27.5. The van der Waals surface area contributed by atoms with Crippen LogP contribution >= 0.6 is 22.6 Å². The summed E-state index contributed by atoms with van der Waals surface area (Å²) in [7, 11) is 0. The fourth-order valence-electron chi connectivity index (χ4n) is 4.59. The van der Waals surface area contributed by atoms with Crippen molar-refractivity contribution >= 4 is 34.4 Å². The number of benzene rings is 2. The summed E-state index contributed by atoms with van der Waals surface area (Å²) in [6, 6.07) is 12.5. The first-order valence-corrected chi connectivity index (χ1v) is 13.3. The Morgan fingerprint density at radius 3 is 2.65 bits per heavy atom. The molecule has 1 saturated heterocycles. The molecule has 0 spiro atoms. The number of para-hydroxylation sites is 1. The van der Waals surface area contributed by atoms with E-state index in [0.717, 1.165) is 9.99 Å². The Kier molecular flexibility index (Phi) is 9.52. The highest BCUT2D eigenvalue weighted by atomic mass is 127. The van der Waals surface area contributed by atoms with Gasteiger partial charge in [0, 0.05) is 37.3 Å². The summed E-state index contributed by atoms with van der Waals surface area (Å²) >= 11 is 2.12. The summed E-state index contributed by atoms with van der Waals surface area (Å²) < 4.78 is 27.2. The highest BCUT2D eigenvalue weighted by molar-refractivity contribution is 14.1. The SMILES string of the molecule is O=C(NCCO)C1=C[C@H](Oc2ccccc2I)[C@@H](O)[C@H](N(Cc2ccccc2F)C(=O)C2CCCO2)C1. The lowest BCUT2D eigenvalue weighted by Gasteiger charge is -2.41. The Morgan fingerprint density at radius 2 is 1.95 bits per heavy atom. The lowest BCUT2D eigenvalue weighted by molar-refractivity contribution is -0.149. The molecule has 2 aromatic rings. The maximum absolute atomic E-state index is 14.7. The van der Waals surface area contributed by atoms with Crippen LogP contribution in [0.25, 0.3) is 0 Å². The van der Waals surface area contributed by atoms with Gasteiger partial charge in [0.1, 0.15) is 29.9 Å². The zero-order valence-electron chi connectivity index (χ0n) is 20.2. The number of hydrogen-bond donors (Lipinski definition) is 3. The van der Waals surface area contributed by atoms with Gasteiger partial charge in [-0.15, -0.1) is 0 Å². The number of carbonyl (C=O) groups excluding carboxylic acids is 2. The van der Waals surface area contributed by atoms with Gasteiger partial charge in [-0.3, -0.25) is 9.59 Å². The van der Waals surface area contributed by atoms with Gasteiger partial charge in [-0.05, 0) is 59.7 Å². The van der Waals surface area contributed by atoms with E-state index in [9.17, 15) is 19.1 Å². The summed E-state index contributed by atoms with van der Waals surface area (Å²) in [5, 5.41) is 23.3. The molecule has 1 aliphatic heterocycles. The van der Waals surface area contributed by atoms with Crippen molar-refractivity contribution in [3.8, 4) is 5.75 Å². The van der Waals surface area contributed by atoms with Gasteiger partial charge >= 0.3 is 0 Å². The number of aliphatic hydroxyl groups is 2. The van der Waals surface area contributed by atoms with Crippen molar-refractivity contribution in [3.05, 3.63) is 75.1 Å². The largest absolute Gasteiger partial charge is 0.482 e. The van der Waals surface area contributed by atoms with Crippen molar-refractivity contribution in [2.75, 3.05) is 19.8 Å². The molecule has 3 N–H and O–H groups in total. The average Bonchev–Trinajstić information content (AvgIpc) is 3.44. The number of carbonyl (C=O) groups is 2. The van der Waals surface area contributed by atoms with Crippen LogP contribution in [0.2, 0.25) is 0 Å². The van der Waals surface area contributed by atoms with Gasteiger partial charge in [0.15, 0.2) is 0 Å². The monoisotopic (exact) mass is 624 g/mol. The van der Waals surface area contributed by atoms with Crippen LogP contribution in [0.4, 0.5) is 4.39 Å². The third-order valence-corrected chi connectivity index (χ3v) is 7.39. The molecule has 37 heavy (non-hydrogen) atoms. The van der Waals surface area contributed by atoms with E-state index in [4.69, 9.17) is 14.6 Å². The van der Waals surface area contributed by atoms with Gasteiger partial charge in [0.2, 0.25) is 5.91 Å². The van der Waals surface area contributed by atoms with Crippen molar-refractivity contribution in [3.63, 3.8) is 0 Å². The molecule has 4 atom stereocenters. The number of nitrogens with zero attached hydrogens (tertiary/aromatic N) is 1. The van der Waals surface area contributed by atoms with E-state index in [-0.39, 0.29) is 37.6 Å². The second kappa shape index (κ2) is 12.8. The molecule has 1 aliphatic carbocycles.